The molecule has 42 heavy (non-hydrogen) atoms. The molecular weight excluding hydrogens is 524 g/mol. The molecule has 6 rings (SSSR count). The molecule has 10 atom stereocenters. The highest BCUT2D eigenvalue weighted by Crippen LogP contribution is 2.67. The minimum absolute atomic E-state index is 0.0357. The Bertz CT molecular complexity index is 1020. The fraction of sp³-hybridized carbons (Fsp3) is 0.944. The van der Waals surface area contributed by atoms with E-state index in [0.717, 1.165) is 21.3 Å². The van der Waals surface area contributed by atoms with Crippen molar-refractivity contribution in [2.24, 2.45) is 34.5 Å². The first-order valence-corrected chi connectivity index (χ1v) is 17.9. The molecule has 6 fully saturated rings. The van der Waals surface area contributed by atoms with Gasteiger partial charge in [-0.15, -0.1) is 0 Å². The predicted molar refractivity (Wildman–Crippen MR) is 165 cm³/mol. The minimum atomic E-state index is -0.0994. The number of carbonyl (C=O) groups is 2. The number of piperidine rings is 2. The van der Waals surface area contributed by atoms with Crippen molar-refractivity contribution in [3.8, 4) is 0 Å². The summed E-state index contributed by atoms with van der Waals surface area (Å²) in [5.41, 5.74) is 0.362. The third kappa shape index (κ3) is 5.16. The third-order valence-electron chi connectivity index (χ3n) is 14.8. The van der Waals surface area contributed by atoms with E-state index >= 15 is 0 Å². The second-order valence-corrected chi connectivity index (χ2v) is 17.0. The van der Waals surface area contributed by atoms with E-state index in [2.05, 4.69) is 27.9 Å². The number of esters is 2. The first-order valence-electron chi connectivity index (χ1n) is 17.9. The number of likely N-dealkylation sites (N-methyl/N-ethyl adjacent to an activating group) is 2. The van der Waals surface area contributed by atoms with Crippen LogP contribution < -0.4 is 0 Å². The van der Waals surface area contributed by atoms with Gasteiger partial charge >= 0.3 is 11.9 Å². The van der Waals surface area contributed by atoms with Crippen LogP contribution >= 0.6 is 0 Å². The predicted octanol–water partition coefficient (Wildman–Crippen LogP) is 6.50. The molecule has 0 unspecified atom stereocenters. The zero-order valence-electron chi connectivity index (χ0n) is 27.9. The summed E-state index contributed by atoms with van der Waals surface area (Å²) in [6.07, 6.45) is 17.7. The summed E-state index contributed by atoms with van der Waals surface area (Å²) in [4.78, 5) is 24.9. The van der Waals surface area contributed by atoms with E-state index in [1.54, 1.807) is 13.8 Å². The van der Waals surface area contributed by atoms with Crippen LogP contribution in [0.15, 0.2) is 0 Å². The topological polar surface area (TPSA) is 52.6 Å². The molecule has 4 saturated carbocycles. The Labute approximate surface area is 256 Å². The molecule has 0 amide bonds. The molecule has 0 N–H and O–H groups in total. The Hall–Kier alpha value is -1.14. The van der Waals surface area contributed by atoms with Gasteiger partial charge in [-0.25, -0.2) is 0 Å². The van der Waals surface area contributed by atoms with Gasteiger partial charge in [-0.2, -0.15) is 0 Å². The number of quaternary nitrogens is 2. The molecule has 6 heteroatoms. The maximum Gasteiger partial charge on any atom is 0.303 e. The summed E-state index contributed by atoms with van der Waals surface area (Å²) in [5, 5.41) is 0. The lowest BCUT2D eigenvalue weighted by Crippen LogP contribution is -2.69. The van der Waals surface area contributed by atoms with Crippen LogP contribution in [0.3, 0.4) is 0 Å². The van der Waals surface area contributed by atoms with Crippen molar-refractivity contribution < 1.29 is 28.0 Å². The molecular formula is C36H62N2O4+2. The number of likely N-dealkylation sites (tertiary alicyclic amines) is 2. The van der Waals surface area contributed by atoms with Crippen LogP contribution in [-0.2, 0) is 19.1 Å². The lowest BCUT2D eigenvalue weighted by molar-refractivity contribution is -0.943. The first kappa shape index (κ1) is 30.9. The van der Waals surface area contributed by atoms with Crippen LogP contribution in [0.1, 0.15) is 118 Å². The molecule has 0 radical (unpaired) electrons. The van der Waals surface area contributed by atoms with Crippen molar-refractivity contribution in [3.05, 3.63) is 0 Å². The molecule has 4 aliphatic carbocycles. The number of nitrogens with zero attached hydrogens (tertiary/aromatic N) is 2. The molecule has 2 aliphatic heterocycles. The van der Waals surface area contributed by atoms with Crippen molar-refractivity contribution >= 4 is 11.9 Å². The molecule has 6 nitrogen and oxygen atoms in total. The van der Waals surface area contributed by atoms with Crippen molar-refractivity contribution in [1.82, 2.24) is 0 Å². The first-order chi connectivity index (χ1) is 19.9. The maximum atomic E-state index is 12.6. The lowest BCUT2D eigenvalue weighted by atomic mass is 9.42. The Morgan fingerprint density at radius 1 is 0.667 bits per heavy atom. The average Bonchev–Trinajstić information content (AvgIpc) is 2.93. The van der Waals surface area contributed by atoms with Crippen molar-refractivity contribution in [2.75, 3.05) is 40.3 Å². The maximum absolute atomic E-state index is 12.6. The number of hydrogen-bond acceptors (Lipinski definition) is 4. The summed E-state index contributed by atoms with van der Waals surface area (Å²) < 4.78 is 14.8. The van der Waals surface area contributed by atoms with E-state index < -0.39 is 0 Å². The lowest BCUT2D eigenvalue weighted by Gasteiger charge is -2.66. The van der Waals surface area contributed by atoms with Crippen molar-refractivity contribution in [3.63, 3.8) is 0 Å². The molecule has 0 aromatic heterocycles. The van der Waals surface area contributed by atoms with Gasteiger partial charge in [0.05, 0.1) is 40.3 Å². The fourth-order valence-corrected chi connectivity index (χ4v) is 12.6. The van der Waals surface area contributed by atoms with Gasteiger partial charge in [-0.05, 0) is 106 Å². The van der Waals surface area contributed by atoms with Gasteiger partial charge in [-0.1, -0.05) is 13.8 Å². The smallest absolute Gasteiger partial charge is 0.303 e. The van der Waals surface area contributed by atoms with Gasteiger partial charge in [-0.3, -0.25) is 9.59 Å². The highest BCUT2D eigenvalue weighted by atomic mass is 16.5. The van der Waals surface area contributed by atoms with Crippen molar-refractivity contribution in [2.45, 2.75) is 142 Å². The molecule has 6 aliphatic rings. The van der Waals surface area contributed by atoms with Crippen LogP contribution in [0, 0.1) is 34.5 Å². The summed E-state index contributed by atoms with van der Waals surface area (Å²) >= 11 is 0. The minimum Gasteiger partial charge on any atom is -0.456 e. The van der Waals surface area contributed by atoms with Gasteiger partial charge in [0.25, 0.3) is 0 Å². The van der Waals surface area contributed by atoms with Gasteiger partial charge in [0.2, 0.25) is 0 Å². The zero-order chi connectivity index (χ0) is 29.9. The van der Waals surface area contributed by atoms with Gasteiger partial charge in [0.1, 0.15) is 12.1 Å². The van der Waals surface area contributed by atoms with Gasteiger partial charge in [0, 0.05) is 32.1 Å². The summed E-state index contributed by atoms with van der Waals surface area (Å²) in [6.45, 7) is 13.3. The number of ether oxygens (including phenoxy) is 2. The summed E-state index contributed by atoms with van der Waals surface area (Å²) in [7, 11) is 4.94. The van der Waals surface area contributed by atoms with Crippen LogP contribution in [-0.4, -0.2) is 85.5 Å². The Morgan fingerprint density at radius 2 is 1.24 bits per heavy atom. The summed E-state index contributed by atoms with van der Waals surface area (Å²) in [5.74, 6) is 2.53. The summed E-state index contributed by atoms with van der Waals surface area (Å²) in [6, 6.07) is 0.849. The van der Waals surface area contributed by atoms with E-state index in [1.165, 1.54) is 110 Å². The Kier molecular flexibility index (Phi) is 8.33. The van der Waals surface area contributed by atoms with E-state index in [1.807, 2.05) is 0 Å². The quantitative estimate of drug-likeness (QED) is 0.279. The number of carbonyl (C=O) groups excluding carboxylic acids is 2. The molecule has 0 aromatic carbocycles. The standard InChI is InChI=1S/C36H62N2O4/c1-25(39)41-33-23-27-13-14-28-29-15-16-31(37(5)19-9-7-10-20-37)34(42-26(2)40)35(29,3)18-17-30(28)36(27,4)24-32(33)38(6)21-11-8-12-22-38/h27-34H,7-24H2,1-6H3/q+2/t27-,28-,29-,30-,31-,32-,33-,34-,35-,36-/m0/s1. The number of fused-ring (bicyclic) bond motifs is 5. The van der Waals surface area contributed by atoms with E-state index in [0.29, 0.717) is 35.3 Å². The largest absolute Gasteiger partial charge is 0.456 e. The van der Waals surface area contributed by atoms with Gasteiger partial charge < -0.3 is 18.4 Å². The van der Waals surface area contributed by atoms with Crippen LogP contribution in [0.5, 0.6) is 0 Å². The van der Waals surface area contributed by atoms with E-state index in [4.69, 9.17) is 9.47 Å². The second kappa shape index (κ2) is 11.3. The normalized spacial score (nSPS) is 46.3. The van der Waals surface area contributed by atoms with Crippen LogP contribution in [0.25, 0.3) is 0 Å². The van der Waals surface area contributed by atoms with E-state index in [9.17, 15) is 9.59 Å². The number of hydrogen-bond donors (Lipinski definition) is 0. The highest BCUT2D eigenvalue weighted by molar-refractivity contribution is 5.66. The Morgan fingerprint density at radius 3 is 1.83 bits per heavy atom. The van der Waals surface area contributed by atoms with Gasteiger partial charge in [0.15, 0.2) is 12.2 Å². The van der Waals surface area contributed by atoms with Crippen LogP contribution in [0.4, 0.5) is 0 Å². The van der Waals surface area contributed by atoms with Crippen molar-refractivity contribution in [1.29, 1.82) is 0 Å². The highest BCUT2D eigenvalue weighted by Gasteiger charge is 2.65. The van der Waals surface area contributed by atoms with E-state index in [-0.39, 0.29) is 29.6 Å². The molecule has 2 heterocycles. The van der Waals surface area contributed by atoms with Crippen LogP contribution in [0.2, 0.25) is 0 Å². The molecule has 238 valence electrons. The Balaban J connectivity index is 1.29. The SMILES string of the molecule is CC(=O)O[C@H]1C[C@@H]2CC[C@@H]3[C@H](CC[C@@]4(C)[C@H]3CC[C@H]([N+]3(C)CCCCC3)[C@@H]4OC(C)=O)[C@@]2(C)C[C@@H]1[N+]1(C)CCCCC1. The number of rotatable bonds is 4. The molecule has 2 saturated heterocycles. The fourth-order valence-electron chi connectivity index (χ4n) is 12.6. The monoisotopic (exact) mass is 586 g/mol. The molecule has 0 aromatic rings. The molecule has 0 bridgehead atoms. The zero-order valence-corrected chi connectivity index (χ0v) is 27.9. The average molecular weight is 587 g/mol. The molecule has 0 spiro atoms. The third-order valence-corrected chi connectivity index (χ3v) is 14.8. The second-order valence-electron chi connectivity index (χ2n) is 17.0.